The van der Waals surface area contributed by atoms with Crippen molar-refractivity contribution >= 4 is 47.7 Å². The lowest BCUT2D eigenvalue weighted by Crippen LogP contribution is -2.10. The second-order valence-corrected chi connectivity index (χ2v) is 8.62. The Labute approximate surface area is 190 Å². The molecule has 2 aromatic heterocycles. The van der Waals surface area contributed by atoms with E-state index in [2.05, 4.69) is 9.98 Å². The minimum Gasteiger partial charge on any atom is -0.379 e. The first-order chi connectivity index (χ1) is 15.3. The molecule has 0 bridgehead atoms. The molecule has 0 aliphatic carbocycles. The monoisotopic (exact) mass is 464 g/mol. The maximum atomic E-state index is 10.6. The maximum Gasteiger partial charge on any atom is 0.160 e. The first-order valence-corrected chi connectivity index (χ1v) is 11.8. The number of aldehydes is 2. The molecule has 0 aromatic carbocycles. The Morgan fingerprint density at radius 2 is 1.00 bits per heavy atom. The number of carbonyl (C=O) groups excluding carboxylic acids is 2. The van der Waals surface area contributed by atoms with Gasteiger partial charge < -0.3 is 14.2 Å². The summed E-state index contributed by atoms with van der Waals surface area (Å²) in [5.41, 5.74) is 0. The first-order valence-electron chi connectivity index (χ1n) is 10.1. The van der Waals surface area contributed by atoms with Crippen molar-refractivity contribution in [1.82, 2.24) is 0 Å². The van der Waals surface area contributed by atoms with Crippen LogP contribution >= 0.6 is 22.7 Å². The first kappa shape index (κ1) is 25.2. The van der Waals surface area contributed by atoms with Gasteiger partial charge in [0.2, 0.25) is 0 Å². The normalized spacial score (nSPS) is 11.6. The molecular formula is C22H28N2O5S2. The predicted octanol–water partition coefficient (Wildman–Crippen LogP) is 3.80. The molecule has 0 saturated carbocycles. The van der Waals surface area contributed by atoms with E-state index < -0.39 is 0 Å². The van der Waals surface area contributed by atoms with Gasteiger partial charge in [0.25, 0.3) is 0 Å². The molecule has 9 heteroatoms. The van der Waals surface area contributed by atoms with Crippen molar-refractivity contribution in [3.63, 3.8) is 0 Å². The van der Waals surface area contributed by atoms with Crippen LogP contribution in [0.1, 0.15) is 41.9 Å². The highest BCUT2D eigenvalue weighted by Gasteiger charge is 1.96. The van der Waals surface area contributed by atoms with Crippen molar-refractivity contribution < 1.29 is 23.8 Å². The van der Waals surface area contributed by atoms with Crippen molar-refractivity contribution in [2.24, 2.45) is 9.98 Å². The number of carbonyl (C=O) groups is 2. The molecule has 2 heterocycles. The van der Waals surface area contributed by atoms with E-state index in [1.165, 1.54) is 22.7 Å². The Kier molecular flexibility index (Phi) is 13.5. The van der Waals surface area contributed by atoms with Crippen molar-refractivity contribution in [1.29, 1.82) is 0 Å². The van der Waals surface area contributed by atoms with Gasteiger partial charge in [-0.3, -0.25) is 19.6 Å². The van der Waals surface area contributed by atoms with Crippen LogP contribution in [0.4, 0.5) is 0 Å². The molecule has 0 spiro atoms. The molecule has 0 atom stereocenters. The van der Waals surface area contributed by atoms with E-state index in [9.17, 15) is 9.59 Å². The molecule has 0 fully saturated rings. The molecule has 2 aromatic rings. The summed E-state index contributed by atoms with van der Waals surface area (Å²) in [4.78, 5) is 33.3. The molecule has 0 radical (unpaired) electrons. The topological polar surface area (TPSA) is 86.6 Å². The number of hydrogen-bond donors (Lipinski definition) is 0. The standard InChI is InChI=1S/C22H28N2O5S2/c25-17-21-5-3-19(30-21)15-23-7-1-9-27-11-13-29-14-12-28-10-2-8-24-16-20-4-6-22(18-26)31-20/h3-6,15-18H,1-2,7-14H2. The summed E-state index contributed by atoms with van der Waals surface area (Å²) < 4.78 is 16.5. The van der Waals surface area contributed by atoms with Crippen molar-refractivity contribution in [2.45, 2.75) is 12.8 Å². The number of ether oxygens (including phenoxy) is 3. The summed E-state index contributed by atoms with van der Waals surface area (Å²) in [5.74, 6) is 0. The van der Waals surface area contributed by atoms with E-state index >= 15 is 0 Å². The number of rotatable bonds is 18. The molecule has 0 aliphatic rings. The minimum absolute atomic E-state index is 0.546. The Bertz CT molecular complexity index is 750. The van der Waals surface area contributed by atoms with E-state index in [0.717, 1.165) is 35.2 Å². The lowest BCUT2D eigenvalue weighted by atomic mass is 10.4. The van der Waals surface area contributed by atoms with E-state index in [4.69, 9.17) is 14.2 Å². The molecular weight excluding hydrogens is 436 g/mol. The van der Waals surface area contributed by atoms with Crippen LogP contribution in [0.15, 0.2) is 34.3 Å². The van der Waals surface area contributed by atoms with Gasteiger partial charge in [-0.25, -0.2) is 0 Å². The molecule has 168 valence electrons. The van der Waals surface area contributed by atoms with E-state index in [1.54, 1.807) is 24.6 Å². The Morgan fingerprint density at radius 3 is 1.39 bits per heavy atom. The number of thiophene rings is 2. The number of nitrogens with zero attached hydrogens (tertiary/aromatic N) is 2. The number of aliphatic imine (C=N–C) groups is 2. The van der Waals surface area contributed by atoms with Crippen molar-refractivity contribution in [3.8, 4) is 0 Å². The molecule has 0 saturated heterocycles. The van der Waals surface area contributed by atoms with Crippen LogP contribution in [-0.4, -0.2) is 77.7 Å². The van der Waals surface area contributed by atoms with Gasteiger partial charge in [-0.05, 0) is 37.1 Å². The third-order valence-corrected chi connectivity index (χ3v) is 5.75. The van der Waals surface area contributed by atoms with Crippen molar-refractivity contribution in [3.05, 3.63) is 43.8 Å². The van der Waals surface area contributed by atoms with Crippen LogP contribution in [0.3, 0.4) is 0 Å². The molecule has 31 heavy (non-hydrogen) atoms. The molecule has 0 amide bonds. The highest BCUT2D eigenvalue weighted by Crippen LogP contribution is 2.12. The van der Waals surface area contributed by atoms with Gasteiger partial charge in [0.05, 0.1) is 36.2 Å². The lowest BCUT2D eigenvalue weighted by Gasteiger charge is -2.06. The van der Waals surface area contributed by atoms with E-state index in [1.807, 2.05) is 12.1 Å². The fourth-order valence-electron chi connectivity index (χ4n) is 2.37. The maximum absolute atomic E-state index is 10.6. The molecule has 0 N–H and O–H groups in total. The van der Waals surface area contributed by atoms with Crippen molar-refractivity contribution in [2.75, 3.05) is 52.7 Å². The van der Waals surface area contributed by atoms with Crippen LogP contribution in [0.2, 0.25) is 0 Å². The summed E-state index contributed by atoms with van der Waals surface area (Å²) in [5, 5.41) is 0. The summed E-state index contributed by atoms with van der Waals surface area (Å²) in [7, 11) is 0. The highest BCUT2D eigenvalue weighted by molar-refractivity contribution is 7.15. The summed E-state index contributed by atoms with van der Waals surface area (Å²) in [6.45, 7) is 4.88. The van der Waals surface area contributed by atoms with Gasteiger partial charge in [0.15, 0.2) is 12.6 Å². The minimum atomic E-state index is 0.546. The zero-order valence-electron chi connectivity index (χ0n) is 17.4. The Morgan fingerprint density at radius 1 is 0.613 bits per heavy atom. The third kappa shape index (κ3) is 11.8. The molecule has 0 aliphatic heterocycles. The average Bonchev–Trinajstić information content (AvgIpc) is 3.45. The quantitative estimate of drug-likeness (QED) is 0.190. The average molecular weight is 465 g/mol. The third-order valence-electron chi connectivity index (χ3n) is 3.86. The van der Waals surface area contributed by atoms with Gasteiger partial charge in [-0.15, -0.1) is 22.7 Å². The fourth-order valence-corrected chi connectivity index (χ4v) is 3.81. The van der Waals surface area contributed by atoms with Crippen LogP contribution in [-0.2, 0) is 14.2 Å². The van der Waals surface area contributed by atoms with Crippen LogP contribution < -0.4 is 0 Å². The largest absolute Gasteiger partial charge is 0.379 e. The predicted molar refractivity (Wildman–Crippen MR) is 126 cm³/mol. The van der Waals surface area contributed by atoms with Gasteiger partial charge in [0, 0.05) is 48.5 Å². The summed E-state index contributed by atoms with van der Waals surface area (Å²) in [6.07, 6.45) is 6.97. The van der Waals surface area contributed by atoms with Crippen LogP contribution in [0.25, 0.3) is 0 Å². The smallest absolute Gasteiger partial charge is 0.160 e. The number of hydrogen-bond acceptors (Lipinski definition) is 9. The van der Waals surface area contributed by atoms with Gasteiger partial charge in [0.1, 0.15) is 0 Å². The lowest BCUT2D eigenvalue weighted by molar-refractivity contribution is 0.0143. The highest BCUT2D eigenvalue weighted by atomic mass is 32.1. The van der Waals surface area contributed by atoms with E-state index in [-0.39, 0.29) is 0 Å². The Hall–Kier alpha value is -2.04. The zero-order valence-corrected chi connectivity index (χ0v) is 19.1. The Balaban J connectivity index is 1.31. The summed E-state index contributed by atoms with van der Waals surface area (Å²) in [6, 6.07) is 7.37. The van der Waals surface area contributed by atoms with Crippen LogP contribution in [0.5, 0.6) is 0 Å². The summed E-state index contributed by atoms with van der Waals surface area (Å²) >= 11 is 2.86. The van der Waals surface area contributed by atoms with Gasteiger partial charge >= 0.3 is 0 Å². The molecule has 7 nitrogen and oxygen atoms in total. The van der Waals surface area contributed by atoms with Gasteiger partial charge in [-0.2, -0.15) is 0 Å². The SMILES string of the molecule is O=Cc1ccc(C=NCCCOCCOCCOCCCN=Cc2ccc(C=O)s2)s1. The zero-order chi connectivity index (χ0) is 22.0. The second-order valence-electron chi connectivity index (χ2n) is 6.33. The molecule has 0 unspecified atom stereocenters. The van der Waals surface area contributed by atoms with Gasteiger partial charge in [-0.1, -0.05) is 0 Å². The van der Waals surface area contributed by atoms with Crippen LogP contribution in [0, 0.1) is 0 Å². The fraction of sp³-hybridized carbons (Fsp3) is 0.455. The molecule has 2 rings (SSSR count). The second kappa shape index (κ2) is 16.6. The van der Waals surface area contributed by atoms with E-state index in [0.29, 0.717) is 62.5 Å².